The molecule has 1 N–H and O–H groups in total. The molecule has 0 spiro atoms. The van der Waals surface area contributed by atoms with Crippen molar-refractivity contribution in [3.8, 4) is 11.4 Å². The maximum Gasteiger partial charge on any atom is 0.199 e. The molecule has 1 fully saturated rings. The van der Waals surface area contributed by atoms with Crippen LogP contribution in [0, 0.1) is 10.7 Å². The lowest BCUT2D eigenvalue weighted by atomic mass is 9.90. The van der Waals surface area contributed by atoms with E-state index in [1.807, 2.05) is 21.4 Å². The molecule has 0 atom stereocenters. The van der Waals surface area contributed by atoms with Crippen molar-refractivity contribution in [2.24, 2.45) is 5.92 Å². The second-order valence-electron chi connectivity index (χ2n) is 7.61. The number of hydrogen-bond acceptors (Lipinski definition) is 5. The largest absolute Gasteiger partial charge is 0.395 e. The van der Waals surface area contributed by atoms with Crippen molar-refractivity contribution in [1.82, 2.24) is 24.2 Å². The molecule has 1 aliphatic rings. The number of piperidine rings is 1. The van der Waals surface area contributed by atoms with E-state index in [1.54, 1.807) is 12.4 Å². The molecule has 1 saturated heterocycles. The van der Waals surface area contributed by atoms with Crippen LogP contribution < -0.4 is 0 Å². The van der Waals surface area contributed by atoms with Gasteiger partial charge in [0.05, 0.1) is 19.8 Å². The lowest BCUT2D eigenvalue weighted by Gasteiger charge is -2.31. The van der Waals surface area contributed by atoms with Crippen molar-refractivity contribution in [1.29, 1.82) is 0 Å². The van der Waals surface area contributed by atoms with E-state index >= 15 is 0 Å². The van der Waals surface area contributed by atoms with E-state index < -0.39 is 0 Å². The van der Waals surface area contributed by atoms with Crippen LogP contribution in [0.1, 0.15) is 18.4 Å². The van der Waals surface area contributed by atoms with Crippen LogP contribution >= 0.6 is 12.2 Å². The molecule has 0 saturated carbocycles. The number of benzene rings is 1. The minimum Gasteiger partial charge on any atom is -0.395 e. The molecule has 3 heterocycles. The van der Waals surface area contributed by atoms with Gasteiger partial charge in [-0.15, -0.1) is 0 Å². The summed E-state index contributed by atoms with van der Waals surface area (Å²) in [5.74, 6) is 1.52. The van der Waals surface area contributed by atoms with Gasteiger partial charge in [0, 0.05) is 31.0 Å². The van der Waals surface area contributed by atoms with Crippen LogP contribution in [0.4, 0.5) is 0 Å². The fraction of sp³-hybridized carbons (Fsp3) is 0.409. The van der Waals surface area contributed by atoms with E-state index in [1.165, 1.54) is 18.4 Å². The first kappa shape index (κ1) is 19.9. The minimum absolute atomic E-state index is 0.0307. The molecule has 152 valence electrons. The van der Waals surface area contributed by atoms with Crippen LogP contribution in [0.25, 0.3) is 11.4 Å². The van der Waals surface area contributed by atoms with Crippen molar-refractivity contribution in [3.63, 3.8) is 0 Å². The number of aliphatic hydroxyl groups is 1. The lowest BCUT2D eigenvalue weighted by molar-refractivity contribution is 0.139. The van der Waals surface area contributed by atoms with Crippen molar-refractivity contribution < 1.29 is 5.11 Å². The van der Waals surface area contributed by atoms with E-state index in [2.05, 4.69) is 40.2 Å². The van der Waals surface area contributed by atoms with E-state index in [-0.39, 0.29) is 6.61 Å². The van der Waals surface area contributed by atoms with Crippen molar-refractivity contribution in [2.45, 2.75) is 32.5 Å². The standard InChI is InChI=1S/C22H27N5OS/c28-15-14-26-21(20-6-10-23-11-7-20)24-27(22(26)29)17-25-12-8-19(9-13-25)16-18-4-2-1-3-5-18/h1-7,10-11,19,28H,8-9,12-17H2. The normalized spacial score (nSPS) is 15.6. The molecule has 1 aliphatic heterocycles. The Morgan fingerprint density at radius 2 is 1.76 bits per heavy atom. The highest BCUT2D eigenvalue weighted by Crippen LogP contribution is 2.23. The number of pyridine rings is 1. The average Bonchev–Trinajstić information content (AvgIpc) is 3.07. The van der Waals surface area contributed by atoms with E-state index in [4.69, 9.17) is 17.3 Å². The maximum atomic E-state index is 9.47. The molecular formula is C22H27N5OS. The molecule has 4 rings (SSSR count). The third kappa shape index (κ3) is 4.80. The Labute approximate surface area is 176 Å². The van der Waals surface area contributed by atoms with Crippen LogP contribution in [0.5, 0.6) is 0 Å². The van der Waals surface area contributed by atoms with E-state index in [0.29, 0.717) is 18.0 Å². The summed E-state index contributed by atoms with van der Waals surface area (Å²) >= 11 is 5.67. The predicted octanol–water partition coefficient (Wildman–Crippen LogP) is 3.38. The van der Waals surface area contributed by atoms with E-state index in [0.717, 1.165) is 36.8 Å². The molecule has 1 aromatic carbocycles. The van der Waals surface area contributed by atoms with Crippen molar-refractivity contribution in [3.05, 3.63) is 65.2 Å². The van der Waals surface area contributed by atoms with Gasteiger partial charge >= 0.3 is 0 Å². The molecule has 0 unspecified atom stereocenters. The molecule has 3 aromatic rings. The zero-order valence-electron chi connectivity index (χ0n) is 16.5. The second-order valence-corrected chi connectivity index (χ2v) is 7.97. The van der Waals surface area contributed by atoms with Gasteiger partial charge in [0.1, 0.15) is 0 Å². The first-order valence-corrected chi connectivity index (χ1v) is 10.6. The lowest BCUT2D eigenvalue weighted by Crippen LogP contribution is -2.36. The van der Waals surface area contributed by atoms with Gasteiger partial charge < -0.3 is 5.11 Å². The smallest absolute Gasteiger partial charge is 0.199 e. The highest BCUT2D eigenvalue weighted by atomic mass is 32.1. The first-order valence-electron chi connectivity index (χ1n) is 10.2. The van der Waals surface area contributed by atoms with E-state index in [9.17, 15) is 5.11 Å². The van der Waals surface area contributed by atoms with Gasteiger partial charge in [0.2, 0.25) is 0 Å². The summed E-state index contributed by atoms with van der Waals surface area (Å²) in [5.41, 5.74) is 2.39. The topological polar surface area (TPSA) is 59.1 Å². The van der Waals surface area contributed by atoms with Crippen molar-refractivity contribution >= 4 is 12.2 Å². The van der Waals surface area contributed by atoms with Gasteiger partial charge in [-0.1, -0.05) is 30.3 Å². The highest BCUT2D eigenvalue weighted by Gasteiger charge is 2.21. The number of nitrogens with zero attached hydrogens (tertiary/aromatic N) is 5. The van der Waals surface area contributed by atoms with Gasteiger partial charge in [0.25, 0.3) is 0 Å². The molecule has 6 nitrogen and oxygen atoms in total. The third-order valence-corrected chi connectivity index (χ3v) is 6.02. The molecule has 0 amide bonds. The summed E-state index contributed by atoms with van der Waals surface area (Å²) in [5, 5.41) is 14.2. The summed E-state index contributed by atoms with van der Waals surface area (Å²) in [7, 11) is 0. The molecule has 0 bridgehead atoms. The van der Waals surface area contributed by atoms with Gasteiger partial charge in [0.15, 0.2) is 10.6 Å². The Balaban J connectivity index is 1.43. The Bertz CT molecular complexity index is 962. The summed E-state index contributed by atoms with van der Waals surface area (Å²) in [6, 6.07) is 14.6. The van der Waals surface area contributed by atoms with Crippen LogP contribution in [0.15, 0.2) is 54.9 Å². The summed E-state index contributed by atoms with van der Waals surface area (Å²) in [6.45, 7) is 3.26. The molecule has 29 heavy (non-hydrogen) atoms. The van der Waals surface area contributed by atoms with Gasteiger partial charge in [-0.25, -0.2) is 4.68 Å². The number of aromatic nitrogens is 4. The SMILES string of the molecule is OCCn1c(-c2ccncc2)nn(CN2CCC(Cc3ccccc3)CC2)c1=S. The van der Waals surface area contributed by atoms with Gasteiger partial charge in [-0.05, 0) is 55.1 Å². The highest BCUT2D eigenvalue weighted by molar-refractivity contribution is 7.71. The molecule has 0 radical (unpaired) electrons. The number of hydrogen-bond donors (Lipinski definition) is 1. The maximum absolute atomic E-state index is 9.47. The molecule has 2 aromatic heterocycles. The number of rotatable bonds is 7. The minimum atomic E-state index is 0.0307. The predicted molar refractivity (Wildman–Crippen MR) is 116 cm³/mol. The van der Waals surface area contributed by atoms with Gasteiger partial charge in [-0.3, -0.25) is 14.5 Å². The second kappa shape index (κ2) is 9.43. The third-order valence-electron chi connectivity index (χ3n) is 5.59. The van der Waals surface area contributed by atoms with Crippen LogP contribution in [-0.2, 0) is 19.6 Å². The van der Waals surface area contributed by atoms with Crippen LogP contribution in [-0.4, -0.2) is 49.0 Å². The zero-order valence-corrected chi connectivity index (χ0v) is 17.3. The Kier molecular flexibility index (Phi) is 6.49. The summed E-state index contributed by atoms with van der Waals surface area (Å²) in [4.78, 5) is 6.50. The number of likely N-dealkylation sites (tertiary alicyclic amines) is 1. The monoisotopic (exact) mass is 409 g/mol. The Morgan fingerprint density at radius 3 is 2.45 bits per heavy atom. The summed E-state index contributed by atoms with van der Waals surface area (Å²) in [6.07, 6.45) is 7.04. The van der Waals surface area contributed by atoms with Crippen LogP contribution in [0.3, 0.4) is 0 Å². The quantitative estimate of drug-likeness (QED) is 0.606. The van der Waals surface area contributed by atoms with Crippen LogP contribution in [0.2, 0.25) is 0 Å². The van der Waals surface area contributed by atoms with Gasteiger partial charge in [-0.2, -0.15) is 5.10 Å². The number of aliphatic hydroxyl groups excluding tert-OH is 1. The summed E-state index contributed by atoms with van der Waals surface area (Å²) < 4.78 is 4.45. The Hall–Kier alpha value is -2.35. The first-order chi connectivity index (χ1) is 14.2. The zero-order chi connectivity index (χ0) is 20.1. The molecule has 7 heteroatoms. The van der Waals surface area contributed by atoms with Crippen molar-refractivity contribution in [2.75, 3.05) is 19.7 Å². The Morgan fingerprint density at radius 1 is 1.03 bits per heavy atom. The fourth-order valence-corrected chi connectivity index (χ4v) is 4.29. The molecule has 0 aliphatic carbocycles. The average molecular weight is 410 g/mol. The molecular weight excluding hydrogens is 382 g/mol. The fourth-order valence-electron chi connectivity index (χ4n) is 4.02.